The lowest BCUT2D eigenvalue weighted by Crippen LogP contribution is -2.44. The van der Waals surface area contributed by atoms with Gasteiger partial charge in [0.05, 0.1) is 0 Å². The van der Waals surface area contributed by atoms with Gasteiger partial charge in [0.1, 0.15) is 0 Å². The van der Waals surface area contributed by atoms with Crippen LogP contribution in [-0.2, 0) is 0 Å². The van der Waals surface area contributed by atoms with Gasteiger partial charge in [-0.3, -0.25) is 0 Å². The SMILES string of the molecule is CCCC1SCCNCNC1C. The average molecular weight is 188 g/mol. The maximum absolute atomic E-state index is 3.49. The summed E-state index contributed by atoms with van der Waals surface area (Å²) >= 11 is 2.11. The highest BCUT2D eigenvalue weighted by atomic mass is 32.2. The van der Waals surface area contributed by atoms with E-state index in [1.807, 2.05) is 0 Å². The molecule has 0 aromatic rings. The van der Waals surface area contributed by atoms with Crippen LogP contribution in [0.15, 0.2) is 0 Å². The largest absolute Gasteiger partial charge is 0.304 e. The molecule has 2 unspecified atom stereocenters. The van der Waals surface area contributed by atoms with Crippen molar-refractivity contribution in [3.8, 4) is 0 Å². The summed E-state index contributed by atoms with van der Waals surface area (Å²) in [4.78, 5) is 0. The molecule has 0 saturated carbocycles. The summed E-state index contributed by atoms with van der Waals surface area (Å²) in [6.07, 6.45) is 2.65. The molecular weight excluding hydrogens is 168 g/mol. The fourth-order valence-electron chi connectivity index (χ4n) is 1.50. The van der Waals surface area contributed by atoms with Crippen molar-refractivity contribution in [3.63, 3.8) is 0 Å². The molecule has 0 aromatic heterocycles. The molecule has 72 valence electrons. The van der Waals surface area contributed by atoms with Crippen LogP contribution in [0.25, 0.3) is 0 Å². The third-order valence-corrected chi connectivity index (χ3v) is 3.80. The van der Waals surface area contributed by atoms with Crippen molar-refractivity contribution < 1.29 is 0 Å². The van der Waals surface area contributed by atoms with E-state index in [0.29, 0.717) is 6.04 Å². The molecule has 0 spiro atoms. The Morgan fingerprint density at radius 1 is 1.50 bits per heavy atom. The third-order valence-electron chi connectivity index (χ3n) is 2.29. The third kappa shape index (κ3) is 3.33. The van der Waals surface area contributed by atoms with Crippen LogP contribution < -0.4 is 10.6 Å². The van der Waals surface area contributed by atoms with Gasteiger partial charge in [0, 0.05) is 30.3 Å². The van der Waals surface area contributed by atoms with E-state index in [1.54, 1.807) is 0 Å². The standard InChI is InChI=1S/C9H20N2S/c1-3-4-9-8(2)11-7-10-5-6-12-9/h8-11H,3-7H2,1-2H3. The van der Waals surface area contributed by atoms with Crippen molar-refractivity contribution in [2.75, 3.05) is 19.0 Å². The van der Waals surface area contributed by atoms with Crippen LogP contribution in [-0.4, -0.2) is 30.3 Å². The van der Waals surface area contributed by atoms with E-state index < -0.39 is 0 Å². The molecule has 1 aliphatic rings. The first-order valence-corrected chi connectivity index (χ1v) is 5.95. The Bertz CT molecular complexity index is 119. The normalized spacial score (nSPS) is 32.5. The summed E-state index contributed by atoms with van der Waals surface area (Å²) in [5.41, 5.74) is 0. The summed E-state index contributed by atoms with van der Waals surface area (Å²) < 4.78 is 0. The molecule has 12 heavy (non-hydrogen) atoms. The Hall–Kier alpha value is 0.270. The van der Waals surface area contributed by atoms with Crippen LogP contribution in [0.5, 0.6) is 0 Å². The average Bonchev–Trinajstić information content (AvgIpc) is 2.05. The Balaban J connectivity index is 2.32. The van der Waals surface area contributed by atoms with Crippen molar-refractivity contribution in [2.24, 2.45) is 0 Å². The molecule has 1 fully saturated rings. The van der Waals surface area contributed by atoms with Gasteiger partial charge in [-0.2, -0.15) is 11.8 Å². The van der Waals surface area contributed by atoms with Crippen LogP contribution in [0.3, 0.4) is 0 Å². The minimum Gasteiger partial charge on any atom is -0.304 e. The van der Waals surface area contributed by atoms with Crippen molar-refractivity contribution in [2.45, 2.75) is 38.0 Å². The lowest BCUT2D eigenvalue weighted by Gasteiger charge is -2.27. The van der Waals surface area contributed by atoms with Gasteiger partial charge in [0.15, 0.2) is 0 Å². The lowest BCUT2D eigenvalue weighted by atomic mass is 10.1. The van der Waals surface area contributed by atoms with Crippen molar-refractivity contribution in [3.05, 3.63) is 0 Å². The van der Waals surface area contributed by atoms with Gasteiger partial charge < -0.3 is 10.6 Å². The maximum atomic E-state index is 3.49. The Kier molecular flexibility index (Phi) is 5.04. The molecule has 0 bridgehead atoms. The van der Waals surface area contributed by atoms with E-state index in [1.165, 1.54) is 18.6 Å². The smallest absolute Gasteiger partial charge is 0.0456 e. The Morgan fingerprint density at radius 3 is 3.08 bits per heavy atom. The van der Waals surface area contributed by atoms with E-state index in [4.69, 9.17) is 0 Å². The highest BCUT2D eigenvalue weighted by molar-refractivity contribution is 8.00. The van der Waals surface area contributed by atoms with E-state index >= 15 is 0 Å². The first-order chi connectivity index (χ1) is 5.84. The zero-order valence-electron chi connectivity index (χ0n) is 8.10. The summed E-state index contributed by atoms with van der Waals surface area (Å²) in [6, 6.07) is 0.655. The van der Waals surface area contributed by atoms with Gasteiger partial charge in [0.2, 0.25) is 0 Å². The molecule has 0 amide bonds. The molecular formula is C9H20N2S. The fraction of sp³-hybridized carbons (Fsp3) is 1.00. The number of hydrogen-bond acceptors (Lipinski definition) is 3. The predicted octanol–water partition coefficient (Wildman–Crippen LogP) is 1.43. The summed E-state index contributed by atoms with van der Waals surface area (Å²) in [6.45, 7) is 6.68. The molecule has 1 saturated heterocycles. The molecule has 0 aliphatic carbocycles. The Labute approximate surface area is 79.9 Å². The van der Waals surface area contributed by atoms with Crippen molar-refractivity contribution in [1.82, 2.24) is 10.6 Å². The molecule has 1 aliphatic heterocycles. The Morgan fingerprint density at radius 2 is 2.33 bits per heavy atom. The van der Waals surface area contributed by atoms with Crippen LogP contribution in [0.1, 0.15) is 26.7 Å². The molecule has 3 heteroatoms. The number of hydrogen-bond donors (Lipinski definition) is 2. The zero-order valence-corrected chi connectivity index (χ0v) is 8.91. The molecule has 1 rings (SSSR count). The monoisotopic (exact) mass is 188 g/mol. The van der Waals surface area contributed by atoms with E-state index in [-0.39, 0.29) is 0 Å². The second-order valence-corrected chi connectivity index (χ2v) is 4.71. The van der Waals surface area contributed by atoms with Crippen molar-refractivity contribution >= 4 is 11.8 Å². The van der Waals surface area contributed by atoms with Gasteiger partial charge in [0.25, 0.3) is 0 Å². The van der Waals surface area contributed by atoms with Gasteiger partial charge in [-0.25, -0.2) is 0 Å². The van der Waals surface area contributed by atoms with Crippen LogP contribution in [0, 0.1) is 0 Å². The number of rotatable bonds is 2. The van der Waals surface area contributed by atoms with Gasteiger partial charge in [-0.1, -0.05) is 13.3 Å². The second kappa shape index (κ2) is 5.84. The zero-order chi connectivity index (χ0) is 8.81. The van der Waals surface area contributed by atoms with Gasteiger partial charge in [-0.15, -0.1) is 0 Å². The number of thioether (sulfide) groups is 1. The minimum atomic E-state index is 0.655. The predicted molar refractivity (Wildman–Crippen MR) is 56.6 cm³/mol. The fourth-order valence-corrected chi connectivity index (χ4v) is 2.85. The molecule has 0 aromatic carbocycles. The van der Waals surface area contributed by atoms with Gasteiger partial charge in [-0.05, 0) is 13.3 Å². The molecule has 2 atom stereocenters. The topological polar surface area (TPSA) is 24.1 Å². The number of nitrogens with one attached hydrogen (secondary N) is 2. The lowest BCUT2D eigenvalue weighted by molar-refractivity contribution is 0.473. The van der Waals surface area contributed by atoms with Crippen molar-refractivity contribution in [1.29, 1.82) is 0 Å². The van der Waals surface area contributed by atoms with Crippen LogP contribution >= 0.6 is 11.8 Å². The van der Waals surface area contributed by atoms with Crippen LogP contribution in [0.2, 0.25) is 0 Å². The molecule has 2 nitrogen and oxygen atoms in total. The highest BCUT2D eigenvalue weighted by Crippen LogP contribution is 2.20. The summed E-state index contributed by atoms with van der Waals surface area (Å²) in [5.74, 6) is 1.26. The highest BCUT2D eigenvalue weighted by Gasteiger charge is 2.17. The quantitative estimate of drug-likeness (QED) is 0.685. The first-order valence-electron chi connectivity index (χ1n) is 4.90. The minimum absolute atomic E-state index is 0.655. The van der Waals surface area contributed by atoms with E-state index in [0.717, 1.165) is 18.5 Å². The molecule has 0 radical (unpaired) electrons. The molecule has 1 heterocycles. The molecule has 2 N–H and O–H groups in total. The summed E-state index contributed by atoms with van der Waals surface area (Å²) in [5, 5.41) is 7.65. The van der Waals surface area contributed by atoms with E-state index in [9.17, 15) is 0 Å². The van der Waals surface area contributed by atoms with Gasteiger partial charge >= 0.3 is 0 Å². The van der Waals surface area contributed by atoms with E-state index in [2.05, 4.69) is 36.2 Å². The first kappa shape index (κ1) is 10.4. The summed E-state index contributed by atoms with van der Waals surface area (Å²) in [7, 11) is 0. The maximum Gasteiger partial charge on any atom is 0.0456 e. The second-order valence-electron chi connectivity index (χ2n) is 3.37. The van der Waals surface area contributed by atoms with Crippen LogP contribution in [0.4, 0.5) is 0 Å².